The van der Waals surface area contributed by atoms with Gasteiger partial charge < -0.3 is 5.73 Å². The summed E-state index contributed by atoms with van der Waals surface area (Å²) in [7, 11) is 0. The van der Waals surface area contributed by atoms with E-state index in [1.165, 1.54) is 44.1 Å². The molecule has 0 bridgehead atoms. The predicted octanol–water partition coefficient (Wildman–Crippen LogP) is 3.83. The molecule has 2 N–H and O–H groups in total. The highest BCUT2D eigenvalue weighted by Crippen LogP contribution is 2.33. The van der Waals surface area contributed by atoms with Gasteiger partial charge in [0.25, 0.3) is 0 Å². The Labute approximate surface area is 103 Å². The molecule has 0 aliphatic heterocycles. The lowest BCUT2D eigenvalue weighted by Crippen LogP contribution is -2.37. The third-order valence-electron chi connectivity index (χ3n) is 3.92. The largest absolute Gasteiger partial charge is 0.327 e. The highest BCUT2D eigenvalue weighted by molar-refractivity contribution is 7.07. The Balaban J connectivity index is 1.91. The van der Waals surface area contributed by atoms with Gasteiger partial charge in [-0.25, -0.2) is 0 Å². The minimum absolute atomic E-state index is 0.438. The monoisotopic (exact) mass is 237 g/mol. The van der Waals surface area contributed by atoms with Gasteiger partial charge in [-0.15, -0.1) is 0 Å². The number of rotatable bonds is 4. The molecule has 90 valence electrons. The summed E-state index contributed by atoms with van der Waals surface area (Å²) in [6.07, 6.45) is 7.86. The van der Waals surface area contributed by atoms with Crippen LogP contribution in [0, 0.1) is 11.8 Å². The first kappa shape index (κ1) is 12.1. The van der Waals surface area contributed by atoms with Crippen molar-refractivity contribution in [1.29, 1.82) is 0 Å². The summed E-state index contributed by atoms with van der Waals surface area (Å²) in [6, 6.07) is 2.69. The van der Waals surface area contributed by atoms with Crippen LogP contribution in [0.15, 0.2) is 16.8 Å². The molecule has 0 radical (unpaired) electrons. The van der Waals surface area contributed by atoms with E-state index in [1.807, 2.05) is 0 Å². The van der Waals surface area contributed by atoms with Crippen LogP contribution in [0.5, 0.6) is 0 Å². The molecule has 0 spiro atoms. The zero-order chi connectivity index (χ0) is 11.4. The summed E-state index contributed by atoms with van der Waals surface area (Å²) in [5.41, 5.74) is 7.75. The molecule has 3 unspecified atom stereocenters. The number of hydrogen-bond acceptors (Lipinski definition) is 2. The van der Waals surface area contributed by atoms with Gasteiger partial charge in [0.05, 0.1) is 0 Å². The van der Waals surface area contributed by atoms with E-state index in [0.717, 1.165) is 11.8 Å². The summed E-state index contributed by atoms with van der Waals surface area (Å²) in [6.45, 7) is 2.29. The first-order chi connectivity index (χ1) is 7.79. The van der Waals surface area contributed by atoms with Crippen molar-refractivity contribution in [3.8, 4) is 0 Å². The molecule has 1 fully saturated rings. The molecule has 1 aliphatic carbocycles. The lowest BCUT2D eigenvalue weighted by molar-refractivity contribution is 0.221. The molecule has 3 atom stereocenters. The fourth-order valence-electron chi connectivity index (χ4n) is 3.00. The smallest absolute Gasteiger partial charge is 0.00705 e. The molecule has 1 heterocycles. The topological polar surface area (TPSA) is 26.0 Å². The average Bonchev–Trinajstić information content (AvgIpc) is 2.76. The van der Waals surface area contributed by atoms with Gasteiger partial charge in [0.1, 0.15) is 0 Å². The average molecular weight is 237 g/mol. The zero-order valence-corrected chi connectivity index (χ0v) is 11.0. The van der Waals surface area contributed by atoms with E-state index < -0.39 is 0 Å². The fourth-order valence-corrected chi connectivity index (χ4v) is 3.68. The molecule has 0 saturated heterocycles. The van der Waals surface area contributed by atoms with Gasteiger partial charge in [0, 0.05) is 6.04 Å². The summed E-state index contributed by atoms with van der Waals surface area (Å²) < 4.78 is 0. The first-order valence-corrected chi connectivity index (χ1v) is 7.50. The van der Waals surface area contributed by atoms with Crippen molar-refractivity contribution in [3.05, 3.63) is 22.4 Å². The summed E-state index contributed by atoms with van der Waals surface area (Å²) in [5.74, 6) is 1.66. The molecule has 1 nitrogen and oxygen atoms in total. The normalized spacial score (nSPS) is 30.5. The van der Waals surface area contributed by atoms with Crippen LogP contribution in [-0.4, -0.2) is 6.04 Å². The minimum Gasteiger partial charge on any atom is -0.327 e. The summed E-state index contributed by atoms with van der Waals surface area (Å²) in [4.78, 5) is 0. The Bertz CT molecular complexity index is 294. The van der Waals surface area contributed by atoms with Crippen molar-refractivity contribution in [2.45, 2.75) is 51.5 Å². The fraction of sp³-hybridized carbons (Fsp3) is 0.714. The Morgan fingerprint density at radius 2 is 2.31 bits per heavy atom. The molecule has 0 amide bonds. The van der Waals surface area contributed by atoms with E-state index in [-0.39, 0.29) is 0 Å². The zero-order valence-electron chi connectivity index (χ0n) is 10.2. The quantitative estimate of drug-likeness (QED) is 0.846. The van der Waals surface area contributed by atoms with Crippen molar-refractivity contribution in [1.82, 2.24) is 0 Å². The van der Waals surface area contributed by atoms with Crippen LogP contribution in [0.2, 0.25) is 0 Å². The van der Waals surface area contributed by atoms with E-state index in [2.05, 4.69) is 23.8 Å². The second-order valence-corrected chi connectivity index (χ2v) is 6.01. The van der Waals surface area contributed by atoms with Crippen LogP contribution in [0.25, 0.3) is 0 Å². The number of nitrogens with two attached hydrogens (primary N) is 1. The van der Waals surface area contributed by atoms with Gasteiger partial charge in [0.15, 0.2) is 0 Å². The van der Waals surface area contributed by atoms with E-state index in [0.29, 0.717) is 6.04 Å². The van der Waals surface area contributed by atoms with Crippen molar-refractivity contribution in [2.24, 2.45) is 17.6 Å². The molecule has 2 heteroatoms. The molecule has 16 heavy (non-hydrogen) atoms. The highest BCUT2D eigenvalue weighted by atomic mass is 32.1. The van der Waals surface area contributed by atoms with E-state index in [9.17, 15) is 0 Å². The Morgan fingerprint density at radius 1 is 1.44 bits per heavy atom. The Hall–Kier alpha value is -0.340. The Morgan fingerprint density at radius 3 is 3.00 bits per heavy atom. The highest BCUT2D eigenvalue weighted by Gasteiger charge is 2.27. The van der Waals surface area contributed by atoms with Gasteiger partial charge in [-0.3, -0.25) is 0 Å². The maximum atomic E-state index is 6.26. The van der Waals surface area contributed by atoms with Crippen molar-refractivity contribution >= 4 is 11.3 Å². The SMILES string of the molecule is CCCC1CCC(N)C(Cc2ccsc2)C1. The van der Waals surface area contributed by atoms with Crippen LogP contribution in [0.4, 0.5) is 0 Å². The maximum absolute atomic E-state index is 6.26. The molecule has 1 aromatic heterocycles. The first-order valence-electron chi connectivity index (χ1n) is 6.56. The molecular formula is C14H23NS. The van der Waals surface area contributed by atoms with Crippen LogP contribution in [0.1, 0.15) is 44.6 Å². The minimum atomic E-state index is 0.438. The number of hydrogen-bond donors (Lipinski definition) is 1. The van der Waals surface area contributed by atoms with E-state index in [4.69, 9.17) is 5.73 Å². The van der Waals surface area contributed by atoms with Gasteiger partial charge in [-0.05, 0) is 59.9 Å². The molecule has 0 aromatic carbocycles. The second kappa shape index (κ2) is 5.83. The lowest BCUT2D eigenvalue weighted by Gasteiger charge is -2.34. The standard InChI is InChI=1S/C14H23NS/c1-2-3-11-4-5-14(15)13(8-11)9-12-6-7-16-10-12/h6-7,10-11,13-14H,2-5,8-9,15H2,1H3. The third kappa shape index (κ3) is 3.08. The van der Waals surface area contributed by atoms with Crippen molar-refractivity contribution in [2.75, 3.05) is 0 Å². The second-order valence-electron chi connectivity index (χ2n) is 5.23. The lowest BCUT2D eigenvalue weighted by atomic mass is 9.74. The van der Waals surface area contributed by atoms with Crippen LogP contribution >= 0.6 is 11.3 Å². The third-order valence-corrected chi connectivity index (χ3v) is 4.66. The van der Waals surface area contributed by atoms with Crippen molar-refractivity contribution in [3.63, 3.8) is 0 Å². The molecule has 1 aliphatic rings. The van der Waals surface area contributed by atoms with Crippen LogP contribution < -0.4 is 5.73 Å². The molecule has 1 saturated carbocycles. The summed E-state index contributed by atoms with van der Waals surface area (Å²) >= 11 is 1.80. The van der Waals surface area contributed by atoms with Gasteiger partial charge >= 0.3 is 0 Å². The number of thiophene rings is 1. The Kier molecular flexibility index (Phi) is 4.42. The van der Waals surface area contributed by atoms with Gasteiger partial charge in [0.2, 0.25) is 0 Å². The van der Waals surface area contributed by atoms with Gasteiger partial charge in [-0.1, -0.05) is 19.8 Å². The van der Waals surface area contributed by atoms with Crippen LogP contribution in [0.3, 0.4) is 0 Å². The van der Waals surface area contributed by atoms with Crippen molar-refractivity contribution < 1.29 is 0 Å². The maximum Gasteiger partial charge on any atom is 0.00705 e. The van der Waals surface area contributed by atoms with E-state index >= 15 is 0 Å². The molecule has 1 aromatic rings. The molecule has 2 rings (SSSR count). The predicted molar refractivity (Wildman–Crippen MR) is 71.7 cm³/mol. The molecular weight excluding hydrogens is 214 g/mol. The van der Waals surface area contributed by atoms with Crippen LogP contribution in [-0.2, 0) is 6.42 Å². The summed E-state index contributed by atoms with van der Waals surface area (Å²) in [5, 5.41) is 4.45. The van der Waals surface area contributed by atoms with E-state index in [1.54, 1.807) is 11.3 Å². The van der Waals surface area contributed by atoms with Gasteiger partial charge in [-0.2, -0.15) is 11.3 Å².